The molecule has 4 fully saturated rings. The average molecular weight is 458 g/mol. The van der Waals surface area contributed by atoms with E-state index in [1.54, 1.807) is 19.2 Å². The van der Waals surface area contributed by atoms with Crippen LogP contribution in [0, 0.1) is 22.6 Å². The van der Waals surface area contributed by atoms with Gasteiger partial charge in [0, 0.05) is 12.1 Å². The quantitative estimate of drug-likeness (QED) is 0.490. The fraction of sp³-hybridized carbons (Fsp3) is 0.556. The molecule has 2 aromatic carbocycles. The van der Waals surface area contributed by atoms with E-state index in [1.165, 1.54) is 50.7 Å². The van der Waals surface area contributed by atoms with Crippen LogP contribution in [0.15, 0.2) is 36.4 Å². The number of nitrogens with one attached hydrogen (secondary N) is 1. The summed E-state index contributed by atoms with van der Waals surface area (Å²) < 4.78 is 24.7. The largest absolute Gasteiger partial charge is 0.493 e. The van der Waals surface area contributed by atoms with Crippen molar-refractivity contribution in [3.8, 4) is 11.5 Å². The summed E-state index contributed by atoms with van der Waals surface area (Å²) in [4.78, 5) is 0. The molecule has 172 valence electrons. The maximum Gasteiger partial charge on any atom is 0.180 e. The number of halogens is 2. The smallest absolute Gasteiger partial charge is 0.180 e. The van der Waals surface area contributed by atoms with Crippen LogP contribution in [0.3, 0.4) is 0 Å². The van der Waals surface area contributed by atoms with E-state index in [9.17, 15) is 4.39 Å². The van der Waals surface area contributed by atoms with Crippen LogP contribution in [0.4, 0.5) is 4.39 Å². The van der Waals surface area contributed by atoms with Crippen molar-refractivity contribution in [3.05, 3.63) is 58.4 Å². The van der Waals surface area contributed by atoms with Gasteiger partial charge in [0.05, 0.1) is 12.1 Å². The van der Waals surface area contributed by atoms with Gasteiger partial charge in [-0.25, -0.2) is 4.39 Å². The van der Waals surface area contributed by atoms with Crippen LogP contribution in [-0.2, 0) is 13.2 Å². The molecule has 4 saturated carbocycles. The molecule has 4 bridgehead atoms. The highest BCUT2D eigenvalue weighted by molar-refractivity contribution is 6.32. The molecule has 6 rings (SSSR count). The Morgan fingerprint density at radius 2 is 1.69 bits per heavy atom. The summed E-state index contributed by atoms with van der Waals surface area (Å²) >= 11 is 6.61. The maximum atomic E-state index is 13.1. The topological polar surface area (TPSA) is 30.5 Å². The minimum atomic E-state index is -0.261. The van der Waals surface area contributed by atoms with Crippen molar-refractivity contribution < 1.29 is 13.9 Å². The van der Waals surface area contributed by atoms with Crippen molar-refractivity contribution in [2.24, 2.45) is 16.7 Å². The lowest BCUT2D eigenvalue weighted by Crippen LogP contribution is -2.63. The highest BCUT2D eigenvalue weighted by Gasteiger charge is 2.59. The molecular formula is C27H33ClFNO2. The molecule has 4 aliphatic rings. The van der Waals surface area contributed by atoms with Gasteiger partial charge in [-0.3, -0.25) is 0 Å². The molecule has 5 heteroatoms. The summed E-state index contributed by atoms with van der Waals surface area (Å²) in [7, 11) is 1.63. The fourth-order valence-corrected chi connectivity index (χ4v) is 7.97. The Hall–Kier alpha value is -1.78. The van der Waals surface area contributed by atoms with E-state index in [-0.39, 0.29) is 11.4 Å². The van der Waals surface area contributed by atoms with Crippen molar-refractivity contribution in [1.82, 2.24) is 5.32 Å². The van der Waals surface area contributed by atoms with Gasteiger partial charge in [-0.1, -0.05) is 37.6 Å². The molecule has 2 atom stereocenters. The van der Waals surface area contributed by atoms with Crippen LogP contribution >= 0.6 is 11.6 Å². The Morgan fingerprint density at radius 1 is 1.00 bits per heavy atom. The van der Waals surface area contributed by atoms with Crippen molar-refractivity contribution in [2.45, 2.75) is 71.1 Å². The van der Waals surface area contributed by atoms with Gasteiger partial charge in [0.15, 0.2) is 11.5 Å². The lowest BCUT2D eigenvalue weighted by Gasteiger charge is -2.65. The van der Waals surface area contributed by atoms with Gasteiger partial charge in [0.2, 0.25) is 0 Å². The molecule has 2 aromatic rings. The molecular weight excluding hydrogens is 425 g/mol. The lowest BCUT2D eigenvalue weighted by molar-refractivity contribution is -0.118. The Kier molecular flexibility index (Phi) is 5.45. The van der Waals surface area contributed by atoms with E-state index in [0.717, 1.165) is 23.6 Å². The lowest BCUT2D eigenvalue weighted by atomic mass is 9.43. The van der Waals surface area contributed by atoms with E-state index < -0.39 is 0 Å². The average Bonchev–Trinajstić information content (AvgIpc) is 2.70. The van der Waals surface area contributed by atoms with Gasteiger partial charge in [0.1, 0.15) is 12.4 Å². The third kappa shape index (κ3) is 4.24. The number of ether oxygens (including phenoxy) is 2. The Morgan fingerprint density at radius 3 is 2.31 bits per heavy atom. The van der Waals surface area contributed by atoms with E-state index in [1.807, 2.05) is 12.1 Å². The van der Waals surface area contributed by atoms with Gasteiger partial charge in [-0.2, -0.15) is 0 Å². The normalized spacial score (nSPS) is 32.8. The number of methoxy groups -OCH3 is 1. The zero-order valence-electron chi connectivity index (χ0n) is 19.3. The van der Waals surface area contributed by atoms with Crippen molar-refractivity contribution >= 4 is 11.6 Å². The van der Waals surface area contributed by atoms with Crippen molar-refractivity contribution in [3.63, 3.8) is 0 Å². The highest BCUT2D eigenvalue weighted by atomic mass is 35.5. The summed E-state index contributed by atoms with van der Waals surface area (Å²) in [6.07, 6.45) is 8.00. The first-order valence-electron chi connectivity index (χ1n) is 11.7. The maximum absolute atomic E-state index is 13.1. The fourth-order valence-electron chi connectivity index (χ4n) is 7.69. The Bertz CT molecular complexity index is 989. The summed E-state index contributed by atoms with van der Waals surface area (Å²) in [6, 6.07) is 10.3. The summed E-state index contributed by atoms with van der Waals surface area (Å²) in [5, 5.41) is 4.50. The standard InChI is InChI=1S/C27H33ClFNO2/c1-25-10-20-11-26(2,15-25)17-27(12-20,16-25)30-13-19-8-22(28)24(23(9-19)31-3)32-14-18-4-6-21(29)7-5-18/h4-9,20,30H,10-17H2,1-3H3. The molecule has 2 unspecified atom stereocenters. The van der Waals surface area contributed by atoms with E-state index in [0.29, 0.717) is 34.0 Å². The van der Waals surface area contributed by atoms with Crippen LogP contribution < -0.4 is 14.8 Å². The highest BCUT2D eigenvalue weighted by Crippen LogP contribution is 2.66. The van der Waals surface area contributed by atoms with Gasteiger partial charge in [-0.15, -0.1) is 0 Å². The van der Waals surface area contributed by atoms with Gasteiger partial charge >= 0.3 is 0 Å². The SMILES string of the molecule is COc1cc(CNC23CC4CC(C)(CC(C)(C4)C2)C3)cc(Cl)c1OCc1ccc(F)cc1. The minimum absolute atomic E-state index is 0.236. The second kappa shape index (κ2) is 7.92. The van der Waals surface area contributed by atoms with Crippen LogP contribution in [0.25, 0.3) is 0 Å². The molecule has 0 spiro atoms. The molecule has 3 nitrogen and oxygen atoms in total. The molecule has 0 radical (unpaired) electrons. The predicted molar refractivity (Wildman–Crippen MR) is 126 cm³/mol. The Balaban J connectivity index is 1.30. The first kappa shape index (κ1) is 22.0. The van der Waals surface area contributed by atoms with Crippen LogP contribution in [0.2, 0.25) is 5.02 Å². The first-order valence-corrected chi connectivity index (χ1v) is 12.1. The number of rotatable bonds is 7. The van der Waals surface area contributed by atoms with E-state index in [2.05, 4.69) is 19.2 Å². The summed E-state index contributed by atoms with van der Waals surface area (Å²) in [5.74, 6) is 1.75. The molecule has 0 aliphatic heterocycles. The number of benzene rings is 2. The van der Waals surface area contributed by atoms with Crippen LogP contribution in [0.5, 0.6) is 11.5 Å². The second-order valence-electron chi connectivity index (χ2n) is 11.3. The first-order chi connectivity index (χ1) is 15.2. The summed E-state index contributed by atoms with van der Waals surface area (Å²) in [5.41, 5.74) is 3.18. The second-order valence-corrected chi connectivity index (χ2v) is 11.7. The van der Waals surface area contributed by atoms with Crippen LogP contribution in [-0.4, -0.2) is 12.6 Å². The minimum Gasteiger partial charge on any atom is -0.493 e. The van der Waals surface area contributed by atoms with E-state index in [4.69, 9.17) is 21.1 Å². The molecule has 1 N–H and O–H groups in total. The third-order valence-corrected chi connectivity index (χ3v) is 8.16. The van der Waals surface area contributed by atoms with Crippen LogP contribution in [0.1, 0.15) is 63.5 Å². The van der Waals surface area contributed by atoms with Crippen molar-refractivity contribution in [1.29, 1.82) is 0 Å². The van der Waals surface area contributed by atoms with E-state index >= 15 is 0 Å². The third-order valence-electron chi connectivity index (χ3n) is 7.88. The zero-order valence-corrected chi connectivity index (χ0v) is 20.0. The molecule has 0 amide bonds. The Labute approximate surface area is 195 Å². The molecule has 0 aromatic heterocycles. The zero-order chi connectivity index (χ0) is 22.6. The molecule has 0 saturated heterocycles. The molecule has 0 heterocycles. The van der Waals surface area contributed by atoms with Gasteiger partial charge in [-0.05, 0) is 90.7 Å². The van der Waals surface area contributed by atoms with Crippen molar-refractivity contribution in [2.75, 3.05) is 7.11 Å². The monoisotopic (exact) mass is 457 g/mol. The number of hydrogen-bond donors (Lipinski definition) is 1. The molecule has 32 heavy (non-hydrogen) atoms. The van der Waals surface area contributed by atoms with Gasteiger partial charge in [0.25, 0.3) is 0 Å². The van der Waals surface area contributed by atoms with Gasteiger partial charge < -0.3 is 14.8 Å². The predicted octanol–water partition coefficient (Wildman–Crippen LogP) is 6.91. The number of hydrogen-bond acceptors (Lipinski definition) is 3. The summed E-state index contributed by atoms with van der Waals surface area (Å²) in [6.45, 7) is 6.07. The molecule has 4 aliphatic carbocycles.